The summed E-state index contributed by atoms with van der Waals surface area (Å²) in [6.45, 7) is 1.80. The van der Waals surface area contributed by atoms with Gasteiger partial charge >= 0.3 is 6.03 Å². The maximum atomic E-state index is 12.7. The molecule has 0 unspecified atom stereocenters. The van der Waals surface area contributed by atoms with E-state index in [4.69, 9.17) is 33.7 Å². The molecule has 30 heavy (non-hydrogen) atoms. The van der Waals surface area contributed by atoms with Gasteiger partial charge in [0.05, 0.1) is 28.6 Å². The van der Waals surface area contributed by atoms with Crippen LogP contribution in [-0.4, -0.2) is 78.4 Å². The molecule has 3 aliphatic heterocycles. The summed E-state index contributed by atoms with van der Waals surface area (Å²) < 4.78 is 5.52. The van der Waals surface area contributed by atoms with Crippen LogP contribution < -0.4 is 11.1 Å². The second-order valence-corrected chi connectivity index (χ2v) is 8.45. The molecule has 160 valence electrons. The van der Waals surface area contributed by atoms with E-state index >= 15 is 0 Å². The molecule has 1 aromatic rings. The van der Waals surface area contributed by atoms with Gasteiger partial charge in [-0.25, -0.2) is 4.79 Å². The molecule has 0 aliphatic carbocycles. The van der Waals surface area contributed by atoms with E-state index in [2.05, 4.69) is 10.3 Å². The zero-order valence-corrected chi connectivity index (χ0v) is 17.5. The molecule has 3 N–H and O–H groups in total. The van der Waals surface area contributed by atoms with Crippen LogP contribution in [0.25, 0.3) is 0 Å². The molecule has 1 aromatic carbocycles. The maximum Gasteiger partial charge on any atom is 0.320 e. The lowest BCUT2D eigenvalue weighted by atomic mass is 9.98. The predicted octanol–water partition coefficient (Wildman–Crippen LogP) is 1.13. The van der Waals surface area contributed by atoms with Crippen LogP contribution in [0.15, 0.2) is 23.2 Å². The second kappa shape index (κ2) is 8.41. The Hall–Kier alpha value is -2.36. The summed E-state index contributed by atoms with van der Waals surface area (Å²) in [5.41, 5.74) is 6.20. The van der Waals surface area contributed by atoms with Gasteiger partial charge in [-0.3, -0.25) is 9.59 Å². The van der Waals surface area contributed by atoms with Crippen LogP contribution >= 0.6 is 23.2 Å². The van der Waals surface area contributed by atoms with Crippen molar-refractivity contribution in [1.82, 2.24) is 15.1 Å². The number of ether oxygens (including phenoxy) is 1. The Balaban J connectivity index is 1.31. The topological polar surface area (TPSA) is 117 Å². The third-order valence-electron chi connectivity index (χ3n) is 5.56. The smallest absolute Gasteiger partial charge is 0.320 e. The second-order valence-electron chi connectivity index (χ2n) is 7.61. The lowest BCUT2D eigenvalue weighted by Gasteiger charge is -2.46. The zero-order valence-electron chi connectivity index (χ0n) is 16.0. The molecular formula is C19H21Cl2N5O4. The van der Waals surface area contributed by atoms with E-state index < -0.39 is 5.91 Å². The van der Waals surface area contributed by atoms with Crippen molar-refractivity contribution in [3.8, 4) is 0 Å². The third kappa shape index (κ3) is 4.23. The molecule has 4 amide bonds. The molecule has 0 aromatic heterocycles. The number of nitrogens with one attached hydrogen (secondary N) is 1. The van der Waals surface area contributed by atoms with Gasteiger partial charge in [0.15, 0.2) is 0 Å². The van der Waals surface area contributed by atoms with Crippen LogP contribution in [0.3, 0.4) is 0 Å². The van der Waals surface area contributed by atoms with Crippen LogP contribution in [0.2, 0.25) is 10.0 Å². The summed E-state index contributed by atoms with van der Waals surface area (Å²) in [5, 5.41) is 3.50. The fourth-order valence-corrected chi connectivity index (χ4v) is 4.32. The number of nitrogens with zero attached hydrogens (tertiary/aromatic N) is 3. The molecule has 0 spiro atoms. The SMILES string of the molecule is NC(=NC(=O)c1ccc(Cl)cc1Cl)C1CN(C(=O)N2CC[C@@H]3OCC(=O)N[C@@H]3C2)C1. The first-order valence-corrected chi connectivity index (χ1v) is 10.4. The molecule has 0 radical (unpaired) electrons. The van der Waals surface area contributed by atoms with Crippen molar-refractivity contribution in [2.24, 2.45) is 16.6 Å². The average molecular weight is 454 g/mol. The molecule has 3 aliphatic rings. The molecule has 4 rings (SSSR count). The Morgan fingerprint density at radius 2 is 1.97 bits per heavy atom. The molecule has 2 atom stereocenters. The summed E-state index contributed by atoms with van der Waals surface area (Å²) in [4.78, 5) is 43.9. The number of piperidine rings is 1. The van der Waals surface area contributed by atoms with Crippen molar-refractivity contribution in [2.75, 3.05) is 32.8 Å². The highest BCUT2D eigenvalue weighted by atomic mass is 35.5. The Kier molecular flexibility index (Phi) is 5.86. The standard InChI is InChI=1S/C19H21Cl2N5O4/c20-11-1-2-12(13(21)5-11)18(28)24-17(22)10-6-26(7-10)19(29)25-4-3-15-14(8-25)23-16(27)9-30-15/h1-2,5,10,14-15H,3-4,6-9H2,(H,23,27)(H2,22,24,28)/t14-,15+/m1/s1. The number of rotatable bonds is 2. The highest BCUT2D eigenvalue weighted by Gasteiger charge is 2.40. The van der Waals surface area contributed by atoms with Crippen molar-refractivity contribution >= 4 is 46.9 Å². The number of aliphatic imine (C=N–C) groups is 1. The van der Waals surface area contributed by atoms with Crippen LogP contribution in [0.1, 0.15) is 16.8 Å². The summed E-state index contributed by atoms with van der Waals surface area (Å²) >= 11 is 11.9. The van der Waals surface area contributed by atoms with Crippen molar-refractivity contribution in [3.05, 3.63) is 33.8 Å². The summed E-state index contributed by atoms with van der Waals surface area (Å²) in [6, 6.07) is 4.21. The largest absolute Gasteiger partial charge is 0.387 e. The molecule has 3 heterocycles. The number of hydrogen-bond donors (Lipinski definition) is 2. The van der Waals surface area contributed by atoms with E-state index in [1.807, 2.05) is 0 Å². The van der Waals surface area contributed by atoms with E-state index in [0.29, 0.717) is 37.6 Å². The predicted molar refractivity (Wildman–Crippen MR) is 111 cm³/mol. The first kappa shape index (κ1) is 20.9. The van der Waals surface area contributed by atoms with Gasteiger partial charge in [-0.15, -0.1) is 0 Å². The van der Waals surface area contributed by atoms with Crippen molar-refractivity contribution in [3.63, 3.8) is 0 Å². The van der Waals surface area contributed by atoms with Crippen LogP contribution in [0.5, 0.6) is 0 Å². The number of fused-ring (bicyclic) bond motifs is 1. The molecule has 0 saturated carbocycles. The van der Waals surface area contributed by atoms with Crippen LogP contribution in [-0.2, 0) is 9.53 Å². The molecule has 3 fully saturated rings. The first-order valence-electron chi connectivity index (χ1n) is 9.60. The van der Waals surface area contributed by atoms with Crippen molar-refractivity contribution in [2.45, 2.75) is 18.6 Å². The minimum Gasteiger partial charge on any atom is -0.387 e. The molecule has 3 saturated heterocycles. The van der Waals surface area contributed by atoms with Gasteiger partial charge in [0, 0.05) is 31.2 Å². The lowest BCUT2D eigenvalue weighted by Crippen LogP contribution is -2.64. The fourth-order valence-electron chi connectivity index (χ4n) is 3.83. The molecule has 0 bridgehead atoms. The fraction of sp³-hybridized carbons (Fsp3) is 0.474. The van der Waals surface area contributed by atoms with Gasteiger partial charge in [-0.05, 0) is 24.6 Å². The van der Waals surface area contributed by atoms with Crippen molar-refractivity contribution < 1.29 is 19.1 Å². The van der Waals surface area contributed by atoms with E-state index in [1.54, 1.807) is 15.9 Å². The number of morpholine rings is 1. The monoisotopic (exact) mass is 453 g/mol. The zero-order chi connectivity index (χ0) is 21.4. The number of amides is 4. The quantitative estimate of drug-likeness (QED) is 0.513. The summed E-state index contributed by atoms with van der Waals surface area (Å²) in [7, 11) is 0. The minimum atomic E-state index is -0.547. The normalized spacial score (nSPS) is 24.7. The Bertz CT molecular complexity index is 918. The Morgan fingerprint density at radius 3 is 2.70 bits per heavy atom. The molecular weight excluding hydrogens is 433 g/mol. The van der Waals surface area contributed by atoms with Crippen LogP contribution in [0, 0.1) is 5.92 Å². The van der Waals surface area contributed by atoms with Gasteiger partial charge in [0.2, 0.25) is 5.91 Å². The highest BCUT2D eigenvalue weighted by Crippen LogP contribution is 2.24. The Morgan fingerprint density at radius 1 is 1.20 bits per heavy atom. The number of benzene rings is 1. The van der Waals surface area contributed by atoms with Gasteiger partial charge in [-0.2, -0.15) is 4.99 Å². The number of likely N-dealkylation sites (tertiary alicyclic amines) is 2. The number of amidine groups is 1. The maximum absolute atomic E-state index is 12.7. The number of carbonyl (C=O) groups is 3. The first-order chi connectivity index (χ1) is 14.3. The number of urea groups is 1. The minimum absolute atomic E-state index is 0.0515. The number of nitrogens with two attached hydrogens (primary N) is 1. The number of halogens is 2. The van der Waals surface area contributed by atoms with Gasteiger partial charge in [0.25, 0.3) is 5.91 Å². The van der Waals surface area contributed by atoms with E-state index in [9.17, 15) is 14.4 Å². The number of carbonyl (C=O) groups excluding carboxylic acids is 3. The van der Waals surface area contributed by atoms with E-state index in [-0.39, 0.29) is 53.0 Å². The van der Waals surface area contributed by atoms with E-state index in [1.165, 1.54) is 12.1 Å². The average Bonchev–Trinajstić information content (AvgIpc) is 2.65. The molecule has 9 nitrogen and oxygen atoms in total. The summed E-state index contributed by atoms with van der Waals surface area (Å²) in [6.07, 6.45) is 0.623. The lowest BCUT2D eigenvalue weighted by molar-refractivity contribution is -0.139. The number of hydrogen-bond acceptors (Lipinski definition) is 4. The van der Waals surface area contributed by atoms with Crippen molar-refractivity contribution in [1.29, 1.82) is 0 Å². The summed E-state index contributed by atoms with van der Waals surface area (Å²) in [5.74, 6) is -0.737. The molecule has 11 heteroatoms. The highest BCUT2D eigenvalue weighted by molar-refractivity contribution is 6.36. The van der Waals surface area contributed by atoms with Gasteiger partial charge < -0.3 is 25.6 Å². The van der Waals surface area contributed by atoms with E-state index in [0.717, 1.165) is 0 Å². The third-order valence-corrected chi connectivity index (χ3v) is 6.11. The van der Waals surface area contributed by atoms with Gasteiger partial charge in [0.1, 0.15) is 12.4 Å². The van der Waals surface area contributed by atoms with Crippen LogP contribution in [0.4, 0.5) is 4.79 Å². The van der Waals surface area contributed by atoms with Gasteiger partial charge in [-0.1, -0.05) is 23.2 Å². The Labute approximate surface area is 183 Å².